The summed E-state index contributed by atoms with van der Waals surface area (Å²) in [5.74, 6) is -2.26. The number of aliphatic carboxylic acids is 1. The van der Waals surface area contributed by atoms with Gasteiger partial charge in [0.25, 0.3) is 0 Å². The molecular weight excluding hydrogens is 265 g/mol. The van der Waals surface area contributed by atoms with Gasteiger partial charge in [0.2, 0.25) is 5.91 Å². The summed E-state index contributed by atoms with van der Waals surface area (Å²) in [7, 11) is 0. The number of alkyl halides is 3. The molecule has 2 N–H and O–H groups in total. The van der Waals surface area contributed by atoms with Gasteiger partial charge in [0.15, 0.2) is 0 Å². The van der Waals surface area contributed by atoms with Crippen LogP contribution in [0.4, 0.5) is 13.2 Å². The molecule has 1 aliphatic rings. The number of hydrogen-bond acceptors (Lipinski definition) is 3. The van der Waals surface area contributed by atoms with Crippen molar-refractivity contribution in [3.8, 4) is 0 Å². The van der Waals surface area contributed by atoms with E-state index in [1.165, 1.54) is 6.92 Å². The molecule has 2 atom stereocenters. The molecule has 1 saturated heterocycles. The van der Waals surface area contributed by atoms with Gasteiger partial charge in [-0.15, -0.1) is 0 Å². The molecule has 0 unspecified atom stereocenters. The Balaban J connectivity index is 2.50. The Kier molecular flexibility index (Phi) is 5.16. The highest BCUT2D eigenvalue weighted by atomic mass is 19.4. The summed E-state index contributed by atoms with van der Waals surface area (Å²) >= 11 is 0. The van der Waals surface area contributed by atoms with Gasteiger partial charge >= 0.3 is 12.1 Å². The first-order valence-electron chi connectivity index (χ1n) is 6.02. The molecule has 0 radical (unpaired) electrons. The van der Waals surface area contributed by atoms with Crippen molar-refractivity contribution in [3.63, 3.8) is 0 Å². The summed E-state index contributed by atoms with van der Waals surface area (Å²) in [5, 5.41) is 10.7. The number of hydrogen-bond donors (Lipinski definition) is 2. The monoisotopic (exact) mass is 282 g/mol. The van der Waals surface area contributed by atoms with Crippen LogP contribution in [0.5, 0.6) is 0 Å². The molecule has 8 heteroatoms. The fourth-order valence-corrected chi connectivity index (χ4v) is 2.06. The summed E-state index contributed by atoms with van der Waals surface area (Å²) in [5.41, 5.74) is 0. The summed E-state index contributed by atoms with van der Waals surface area (Å²) in [4.78, 5) is 24.0. The lowest BCUT2D eigenvalue weighted by Gasteiger charge is -2.34. The van der Waals surface area contributed by atoms with Gasteiger partial charge in [0.1, 0.15) is 12.6 Å². The highest BCUT2D eigenvalue weighted by molar-refractivity contribution is 5.79. The average molecular weight is 282 g/mol. The van der Waals surface area contributed by atoms with E-state index in [4.69, 9.17) is 5.11 Å². The van der Waals surface area contributed by atoms with Gasteiger partial charge in [-0.25, -0.2) is 0 Å². The third-order valence-corrected chi connectivity index (χ3v) is 3.19. The van der Waals surface area contributed by atoms with Crippen LogP contribution in [-0.4, -0.2) is 53.7 Å². The molecule has 0 aromatic rings. The van der Waals surface area contributed by atoms with Gasteiger partial charge in [-0.1, -0.05) is 0 Å². The normalized spacial score (nSPS) is 22.8. The first-order valence-corrected chi connectivity index (χ1v) is 6.02. The van der Waals surface area contributed by atoms with Crippen molar-refractivity contribution in [2.24, 2.45) is 5.92 Å². The topological polar surface area (TPSA) is 69.6 Å². The molecule has 0 saturated carbocycles. The number of likely N-dealkylation sites (tertiary alicyclic amines) is 1. The van der Waals surface area contributed by atoms with Gasteiger partial charge in [-0.05, 0) is 26.3 Å². The number of rotatable bonds is 4. The molecule has 1 aliphatic heterocycles. The number of carboxylic acid groups (broad SMARTS) is 1. The maximum absolute atomic E-state index is 12.0. The lowest BCUT2D eigenvalue weighted by atomic mass is 9.96. The summed E-state index contributed by atoms with van der Waals surface area (Å²) in [6.07, 6.45) is -3.35. The molecule has 1 fully saturated rings. The Hall–Kier alpha value is -1.31. The minimum atomic E-state index is -4.43. The third-order valence-electron chi connectivity index (χ3n) is 3.19. The minimum Gasteiger partial charge on any atom is -0.480 e. The second kappa shape index (κ2) is 6.23. The average Bonchev–Trinajstić information content (AvgIpc) is 2.34. The van der Waals surface area contributed by atoms with Crippen LogP contribution in [0.2, 0.25) is 0 Å². The van der Waals surface area contributed by atoms with Crippen LogP contribution in [0.1, 0.15) is 19.8 Å². The van der Waals surface area contributed by atoms with Crippen LogP contribution in [0.25, 0.3) is 0 Å². The van der Waals surface area contributed by atoms with Crippen molar-refractivity contribution in [2.75, 3.05) is 19.6 Å². The SMILES string of the molecule is C[C@@H](C(=O)O)N1CCC[C@@H](C(=O)NCC(F)(F)F)C1. The Morgan fingerprint density at radius 3 is 2.63 bits per heavy atom. The number of piperidine rings is 1. The van der Waals surface area contributed by atoms with Crippen LogP contribution in [-0.2, 0) is 9.59 Å². The summed E-state index contributed by atoms with van der Waals surface area (Å²) in [6, 6.07) is -0.738. The van der Waals surface area contributed by atoms with E-state index in [2.05, 4.69) is 0 Å². The van der Waals surface area contributed by atoms with Gasteiger partial charge in [0, 0.05) is 6.54 Å². The van der Waals surface area contributed by atoms with E-state index < -0.39 is 36.6 Å². The fourth-order valence-electron chi connectivity index (χ4n) is 2.06. The fraction of sp³-hybridized carbons (Fsp3) is 0.818. The third kappa shape index (κ3) is 5.06. The lowest BCUT2D eigenvalue weighted by Crippen LogP contribution is -2.49. The zero-order chi connectivity index (χ0) is 14.6. The van der Waals surface area contributed by atoms with Crippen LogP contribution in [0.3, 0.4) is 0 Å². The van der Waals surface area contributed by atoms with Crippen LogP contribution in [0.15, 0.2) is 0 Å². The Morgan fingerprint density at radius 2 is 2.11 bits per heavy atom. The lowest BCUT2D eigenvalue weighted by molar-refractivity contribution is -0.146. The molecule has 1 heterocycles. The predicted molar refractivity (Wildman–Crippen MR) is 60.5 cm³/mol. The molecular formula is C11H17F3N2O3. The van der Waals surface area contributed by atoms with Crippen LogP contribution in [0, 0.1) is 5.92 Å². The number of carbonyl (C=O) groups excluding carboxylic acids is 1. The van der Waals surface area contributed by atoms with E-state index in [-0.39, 0.29) is 6.54 Å². The van der Waals surface area contributed by atoms with Crippen LogP contribution < -0.4 is 5.32 Å². The smallest absolute Gasteiger partial charge is 0.405 e. The Bertz CT molecular complexity index is 347. The maximum atomic E-state index is 12.0. The number of nitrogens with zero attached hydrogens (tertiary/aromatic N) is 1. The zero-order valence-electron chi connectivity index (χ0n) is 10.5. The Morgan fingerprint density at radius 1 is 1.47 bits per heavy atom. The van der Waals surface area contributed by atoms with E-state index in [9.17, 15) is 22.8 Å². The highest BCUT2D eigenvalue weighted by Gasteiger charge is 2.33. The van der Waals surface area contributed by atoms with Crippen molar-refractivity contribution < 1.29 is 27.9 Å². The molecule has 0 aliphatic carbocycles. The number of nitrogens with one attached hydrogen (secondary N) is 1. The van der Waals surface area contributed by atoms with E-state index in [1.54, 1.807) is 4.90 Å². The van der Waals surface area contributed by atoms with Crippen molar-refractivity contribution in [1.29, 1.82) is 0 Å². The highest BCUT2D eigenvalue weighted by Crippen LogP contribution is 2.19. The number of amides is 1. The van der Waals surface area contributed by atoms with E-state index in [0.29, 0.717) is 19.4 Å². The molecule has 5 nitrogen and oxygen atoms in total. The molecule has 0 spiro atoms. The molecule has 19 heavy (non-hydrogen) atoms. The first kappa shape index (κ1) is 15.7. The molecule has 0 aromatic carbocycles. The van der Waals surface area contributed by atoms with E-state index in [1.807, 2.05) is 5.32 Å². The minimum absolute atomic E-state index is 0.178. The predicted octanol–water partition coefficient (Wildman–Crippen LogP) is 0.850. The maximum Gasteiger partial charge on any atom is 0.405 e. The number of halogens is 3. The standard InChI is InChI=1S/C11H17F3N2O3/c1-7(10(18)19)16-4-2-3-8(5-16)9(17)15-6-11(12,13)14/h7-8H,2-6H2,1H3,(H,15,17)(H,18,19)/t7-,8+/m0/s1. The first-order chi connectivity index (χ1) is 8.70. The molecule has 110 valence electrons. The largest absolute Gasteiger partial charge is 0.480 e. The second-order valence-corrected chi connectivity index (χ2v) is 4.68. The molecule has 0 aromatic heterocycles. The molecule has 0 bridgehead atoms. The van der Waals surface area contributed by atoms with Gasteiger partial charge in [0.05, 0.1) is 5.92 Å². The van der Waals surface area contributed by atoms with Gasteiger partial charge < -0.3 is 10.4 Å². The second-order valence-electron chi connectivity index (χ2n) is 4.68. The molecule has 1 rings (SSSR count). The van der Waals surface area contributed by atoms with Crippen molar-refractivity contribution in [3.05, 3.63) is 0 Å². The van der Waals surface area contributed by atoms with Gasteiger partial charge in [-0.2, -0.15) is 13.2 Å². The zero-order valence-corrected chi connectivity index (χ0v) is 10.5. The Labute approximate surface area is 108 Å². The van der Waals surface area contributed by atoms with Gasteiger partial charge in [-0.3, -0.25) is 14.5 Å². The number of carboxylic acids is 1. The van der Waals surface area contributed by atoms with E-state index >= 15 is 0 Å². The van der Waals surface area contributed by atoms with Crippen molar-refractivity contribution in [1.82, 2.24) is 10.2 Å². The summed E-state index contributed by atoms with van der Waals surface area (Å²) < 4.78 is 36.0. The quantitative estimate of drug-likeness (QED) is 0.802. The molecule has 1 amide bonds. The summed E-state index contributed by atoms with van der Waals surface area (Å²) in [6.45, 7) is 0.864. The van der Waals surface area contributed by atoms with Crippen molar-refractivity contribution >= 4 is 11.9 Å². The number of carbonyl (C=O) groups is 2. The van der Waals surface area contributed by atoms with E-state index in [0.717, 1.165) is 0 Å². The van der Waals surface area contributed by atoms with Crippen molar-refractivity contribution in [2.45, 2.75) is 32.0 Å². The van der Waals surface area contributed by atoms with Crippen LogP contribution >= 0.6 is 0 Å².